The predicted octanol–water partition coefficient (Wildman–Crippen LogP) is 3.21. The van der Waals surface area contributed by atoms with Crippen LogP contribution in [-0.4, -0.2) is 26.6 Å². The molecule has 1 spiro atoms. The molecule has 1 atom stereocenters. The van der Waals surface area contributed by atoms with Gasteiger partial charge in [-0.15, -0.1) is 0 Å². The lowest BCUT2D eigenvalue weighted by Crippen LogP contribution is -2.43. The number of carbonyl (C=O) groups excluding carboxylic acids is 2. The maximum atomic E-state index is 13.0. The molecule has 5 rings (SSSR count). The van der Waals surface area contributed by atoms with Crippen LogP contribution < -0.4 is 10.6 Å². The first-order chi connectivity index (χ1) is 13.5. The predicted molar refractivity (Wildman–Crippen MR) is 105 cm³/mol. The third-order valence-electron chi connectivity index (χ3n) is 5.16. The first kappa shape index (κ1) is 17.2. The lowest BCUT2D eigenvalue weighted by atomic mass is 9.72. The molecule has 2 amide bonds. The van der Waals surface area contributed by atoms with E-state index < -0.39 is 5.41 Å². The highest BCUT2D eigenvalue weighted by Crippen LogP contribution is 2.49. The van der Waals surface area contributed by atoms with E-state index in [1.54, 1.807) is 29.1 Å². The van der Waals surface area contributed by atoms with Crippen molar-refractivity contribution in [1.29, 1.82) is 0 Å². The number of rotatable bonds is 2. The fourth-order valence-electron chi connectivity index (χ4n) is 3.87. The Bertz CT molecular complexity index is 1140. The average molecular weight is 414 g/mol. The number of benzene rings is 1. The van der Waals surface area contributed by atoms with E-state index in [-0.39, 0.29) is 18.2 Å². The number of nitrogens with one attached hydrogen (secondary N) is 2. The maximum Gasteiger partial charge on any atom is 0.241 e. The largest absolute Gasteiger partial charge is 0.311 e. The Labute approximate surface area is 169 Å². The molecule has 2 aliphatic rings. The van der Waals surface area contributed by atoms with Crippen LogP contribution in [0.5, 0.6) is 0 Å². The number of carbonyl (C=O) groups is 2. The molecule has 0 saturated heterocycles. The molecule has 0 aliphatic carbocycles. The topological polar surface area (TPSA) is 88.9 Å². The van der Waals surface area contributed by atoms with Crippen molar-refractivity contribution in [3.8, 4) is 0 Å². The van der Waals surface area contributed by atoms with Crippen LogP contribution in [0.1, 0.15) is 23.1 Å². The number of pyridine rings is 1. The molecule has 0 saturated carbocycles. The summed E-state index contributed by atoms with van der Waals surface area (Å²) in [5.41, 5.74) is 0.988. The van der Waals surface area contributed by atoms with Gasteiger partial charge >= 0.3 is 0 Å². The fourth-order valence-corrected chi connectivity index (χ4v) is 4.15. The van der Waals surface area contributed by atoms with Gasteiger partial charge in [0, 0.05) is 28.8 Å². The molecule has 2 N–H and O–H groups in total. The molecule has 140 valence electrons. The number of hydrogen-bond acceptors (Lipinski definition) is 4. The second-order valence-corrected chi connectivity index (χ2v) is 7.70. The minimum Gasteiger partial charge on any atom is -0.311 e. The number of amides is 2. The third-order valence-corrected chi connectivity index (χ3v) is 5.62. The van der Waals surface area contributed by atoms with Crippen molar-refractivity contribution in [3.05, 3.63) is 69.5 Å². The van der Waals surface area contributed by atoms with Crippen molar-refractivity contribution in [1.82, 2.24) is 14.8 Å². The minimum atomic E-state index is -1.19. The van der Waals surface area contributed by atoms with Crippen LogP contribution >= 0.6 is 23.2 Å². The van der Waals surface area contributed by atoms with E-state index in [0.717, 1.165) is 5.56 Å². The summed E-state index contributed by atoms with van der Waals surface area (Å²) < 4.78 is 1.67. The Morgan fingerprint density at radius 3 is 2.61 bits per heavy atom. The summed E-state index contributed by atoms with van der Waals surface area (Å²) in [7, 11) is 0. The Hall–Kier alpha value is -2.90. The lowest BCUT2D eigenvalue weighted by molar-refractivity contribution is -0.125. The summed E-state index contributed by atoms with van der Waals surface area (Å²) in [4.78, 5) is 29.8. The molecule has 1 unspecified atom stereocenters. The maximum absolute atomic E-state index is 13.0. The Balaban J connectivity index is 1.65. The summed E-state index contributed by atoms with van der Waals surface area (Å²) in [6, 6.07) is 9.04. The van der Waals surface area contributed by atoms with Crippen molar-refractivity contribution in [2.24, 2.45) is 0 Å². The minimum absolute atomic E-state index is 0.0342. The molecule has 2 aliphatic heterocycles. The van der Waals surface area contributed by atoms with Gasteiger partial charge in [0.05, 0.1) is 17.8 Å². The normalized spacial score (nSPS) is 19.9. The number of anilines is 2. The Morgan fingerprint density at radius 1 is 1.04 bits per heavy atom. The zero-order valence-electron chi connectivity index (χ0n) is 14.4. The monoisotopic (exact) mass is 413 g/mol. The average Bonchev–Trinajstić information content (AvgIpc) is 3.18. The van der Waals surface area contributed by atoms with Gasteiger partial charge in [-0.3, -0.25) is 9.59 Å². The highest BCUT2D eigenvalue weighted by molar-refractivity contribution is 6.31. The molecule has 2 aromatic heterocycles. The van der Waals surface area contributed by atoms with Crippen LogP contribution in [0.3, 0.4) is 0 Å². The van der Waals surface area contributed by atoms with Crippen LogP contribution in [0.2, 0.25) is 10.0 Å². The van der Waals surface area contributed by atoms with E-state index in [9.17, 15) is 9.59 Å². The summed E-state index contributed by atoms with van der Waals surface area (Å²) in [5, 5.41) is 11.1. The van der Waals surface area contributed by atoms with Crippen LogP contribution in [0.25, 0.3) is 0 Å². The molecule has 0 radical (unpaired) electrons. The van der Waals surface area contributed by atoms with Gasteiger partial charge in [0.15, 0.2) is 0 Å². The van der Waals surface area contributed by atoms with Crippen LogP contribution in [0.4, 0.5) is 11.6 Å². The SMILES string of the molecule is O=C1CC2(C(=O)Nc3ncc(Cl)cc32)c2cnn(Cc3ccc(Cl)cc3)c2N1. The summed E-state index contributed by atoms with van der Waals surface area (Å²) in [5.74, 6) is 0.336. The number of fused-ring (bicyclic) bond motifs is 4. The summed E-state index contributed by atoms with van der Waals surface area (Å²) in [6.07, 6.45) is 3.06. The first-order valence-corrected chi connectivity index (χ1v) is 9.31. The highest BCUT2D eigenvalue weighted by Gasteiger charge is 2.55. The van der Waals surface area contributed by atoms with Crippen molar-refractivity contribution >= 4 is 46.7 Å². The summed E-state index contributed by atoms with van der Waals surface area (Å²) >= 11 is 12.1. The fraction of sp³-hybridized carbons (Fsp3) is 0.158. The standard InChI is InChI=1S/C19H13Cl2N5O2/c20-11-3-1-10(2-4-11)9-26-17-14(8-23-26)19(6-15(27)24-17)13-5-12(21)7-22-16(13)25-18(19)28/h1-5,7-8H,6,9H2,(H,24,27)(H,22,25,28). The quantitative estimate of drug-likeness (QED) is 0.674. The smallest absolute Gasteiger partial charge is 0.241 e. The molecule has 4 heterocycles. The molecule has 0 fully saturated rings. The zero-order chi connectivity index (χ0) is 19.5. The summed E-state index contributed by atoms with van der Waals surface area (Å²) in [6.45, 7) is 0.422. The van der Waals surface area contributed by atoms with Gasteiger partial charge in [-0.25, -0.2) is 9.67 Å². The van der Waals surface area contributed by atoms with E-state index in [1.807, 2.05) is 12.1 Å². The van der Waals surface area contributed by atoms with Gasteiger partial charge in [0.25, 0.3) is 0 Å². The van der Waals surface area contributed by atoms with E-state index in [2.05, 4.69) is 20.7 Å². The number of hydrogen-bond donors (Lipinski definition) is 2. The molecule has 28 heavy (non-hydrogen) atoms. The zero-order valence-corrected chi connectivity index (χ0v) is 15.9. The van der Waals surface area contributed by atoms with E-state index in [0.29, 0.717) is 39.4 Å². The van der Waals surface area contributed by atoms with E-state index in [4.69, 9.17) is 23.2 Å². The van der Waals surface area contributed by atoms with Gasteiger partial charge < -0.3 is 10.6 Å². The van der Waals surface area contributed by atoms with E-state index >= 15 is 0 Å². The third kappa shape index (κ3) is 2.43. The highest BCUT2D eigenvalue weighted by atomic mass is 35.5. The van der Waals surface area contributed by atoms with E-state index in [1.165, 1.54) is 6.20 Å². The van der Waals surface area contributed by atoms with Gasteiger partial charge in [0.1, 0.15) is 17.1 Å². The number of aromatic nitrogens is 3. The van der Waals surface area contributed by atoms with Crippen molar-refractivity contribution in [2.75, 3.05) is 10.6 Å². The molecule has 9 heteroatoms. The van der Waals surface area contributed by atoms with Gasteiger partial charge in [-0.1, -0.05) is 35.3 Å². The van der Waals surface area contributed by atoms with Crippen LogP contribution in [0, 0.1) is 0 Å². The van der Waals surface area contributed by atoms with Gasteiger partial charge in [-0.05, 0) is 23.8 Å². The number of nitrogens with zero attached hydrogens (tertiary/aromatic N) is 3. The molecular formula is C19H13Cl2N5O2. The molecule has 3 aromatic rings. The van der Waals surface area contributed by atoms with Crippen molar-refractivity contribution in [3.63, 3.8) is 0 Å². The first-order valence-electron chi connectivity index (χ1n) is 8.55. The van der Waals surface area contributed by atoms with Gasteiger partial charge in [-0.2, -0.15) is 5.10 Å². The Kier molecular flexibility index (Phi) is 3.72. The molecular weight excluding hydrogens is 401 g/mol. The second kappa shape index (κ2) is 6.05. The van der Waals surface area contributed by atoms with Gasteiger partial charge in [0.2, 0.25) is 11.8 Å². The molecule has 7 nitrogen and oxygen atoms in total. The lowest BCUT2D eigenvalue weighted by Gasteiger charge is -2.31. The second-order valence-electron chi connectivity index (χ2n) is 6.83. The van der Waals surface area contributed by atoms with Crippen LogP contribution in [-0.2, 0) is 21.5 Å². The van der Waals surface area contributed by atoms with Crippen LogP contribution in [0.15, 0.2) is 42.7 Å². The van der Waals surface area contributed by atoms with Crippen molar-refractivity contribution < 1.29 is 9.59 Å². The number of halogens is 2. The molecule has 0 bridgehead atoms. The Morgan fingerprint density at radius 2 is 1.82 bits per heavy atom. The van der Waals surface area contributed by atoms with Crippen molar-refractivity contribution in [2.45, 2.75) is 18.4 Å². The molecule has 1 aromatic carbocycles.